The minimum absolute atomic E-state index is 0.0649. The van der Waals surface area contributed by atoms with Crippen LogP contribution >= 0.6 is 0 Å². The van der Waals surface area contributed by atoms with Crippen LogP contribution in [0.4, 0.5) is 5.69 Å². The van der Waals surface area contributed by atoms with E-state index in [2.05, 4.69) is 0 Å². The number of esters is 1. The molecule has 0 unspecified atom stereocenters. The molecule has 1 heterocycles. The number of anilines is 1. The van der Waals surface area contributed by atoms with Gasteiger partial charge >= 0.3 is 5.97 Å². The summed E-state index contributed by atoms with van der Waals surface area (Å²) in [6, 6.07) is 1.98. The van der Waals surface area contributed by atoms with Gasteiger partial charge in [-0.25, -0.2) is 4.79 Å². The third kappa shape index (κ3) is 3.27. The third-order valence-corrected chi connectivity index (χ3v) is 3.07. The summed E-state index contributed by atoms with van der Waals surface area (Å²) in [4.78, 5) is 24.8. The molecule has 104 valence electrons. The Balaban J connectivity index is 1.91. The van der Waals surface area contributed by atoms with Gasteiger partial charge in [0.1, 0.15) is 12.3 Å². The lowest BCUT2D eigenvalue weighted by Gasteiger charge is -2.11. The Hall–Kier alpha value is -1.98. The van der Waals surface area contributed by atoms with E-state index in [9.17, 15) is 9.59 Å². The lowest BCUT2D eigenvalue weighted by molar-refractivity contribution is -0.129. The zero-order chi connectivity index (χ0) is 14.0. The molecule has 1 aliphatic rings. The van der Waals surface area contributed by atoms with E-state index in [1.807, 2.05) is 4.57 Å². The van der Waals surface area contributed by atoms with E-state index >= 15 is 0 Å². The second-order valence-electron chi connectivity index (χ2n) is 4.97. The van der Waals surface area contributed by atoms with Crippen LogP contribution in [0.15, 0.2) is 12.3 Å². The highest BCUT2D eigenvalue weighted by molar-refractivity contribution is 5.89. The van der Waals surface area contributed by atoms with Gasteiger partial charge in [0.25, 0.3) is 0 Å². The molecule has 0 atom stereocenters. The Morgan fingerprint density at radius 1 is 1.47 bits per heavy atom. The zero-order valence-electron chi connectivity index (χ0n) is 11.3. The first-order valence-corrected chi connectivity index (χ1v) is 6.33. The largest absolute Gasteiger partial charge is 0.460 e. The smallest absolute Gasteiger partial charge is 0.355 e. The molecule has 19 heavy (non-hydrogen) atoms. The van der Waals surface area contributed by atoms with Gasteiger partial charge in [-0.15, -0.1) is 0 Å². The van der Waals surface area contributed by atoms with Gasteiger partial charge in [-0.3, -0.25) is 4.79 Å². The number of rotatable bonds is 5. The van der Waals surface area contributed by atoms with Gasteiger partial charge < -0.3 is 19.9 Å². The van der Waals surface area contributed by atoms with E-state index in [-0.39, 0.29) is 18.9 Å². The molecule has 6 heteroatoms. The average Bonchev–Trinajstić information content (AvgIpc) is 3.12. The fraction of sp³-hybridized carbons (Fsp3) is 0.538. The van der Waals surface area contributed by atoms with Crippen molar-refractivity contribution in [2.75, 3.05) is 26.4 Å². The quantitative estimate of drug-likeness (QED) is 0.807. The maximum absolute atomic E-state index is 11.9. The molecule has 0 bridgehead atoms. The Morgan fingerprint density at radius 3 is 2.74 bits per heavy atom. The molecule has 0 aromatic carbocycles. The highest BCUT2D eigenvalue weighted by Crippen LogP contribution is 2.37. The van der Waals surface area contributed by atoms with Crippen molar-refractivity contribution in [1.29, 1.82) is 0 Å². The molecule has 0 saturated heterocycles. The maximum atomic E-state index is 11.9. The van der Waals surface area contributed by atoms with Crippen LogP contribution in [-0.2, 0) is 9.53 Å². The van der Waals surface area contributed by atoms with E-state index in [1.165, 1.54) is 4.90 Å². The van der Waals surface area contributed by atoms with Gasteiger partial charge in [-0.05, 0) is 18.9 Å². The Labute approximate surface area is 112 Å². The van der Waals surface area contributed by atoms with Crippen LogP contribution in [0.2, 0.25) is 0 Å². The predicted molar refractivity (Wildman–Crippen MR) is 70.7 cm³/mol. The number of aromatic nitrogens is 1. The lowest BCUT2D eigenvalue weighted by atomic mass is 10.4. The van der Waals surface area contributed by atoms with Crippen LogP contribution in [0.3, 0.4) is 0 Å². The van der Waals surface area contributed by atoms with E-state index in [1.54, 1.807) is 26.4 Å². The number of hydrogen-bond acceptors (Lipinski definition) is 4. The summed E-state index contributed by atoms with van der Waals surface area (Å²) >= 11 is 0. The van der Waals surface area contributed by atoms with Crippen molar-refractivity contribution in [2.24, 2.45) is 0 Å². The molecule has 1 aromatic rings. The molecule has 1 aliphatic carbocycles. The second kappa shape index (κ2) is 5.34. The first-order chi connectivity index (χ1) is 8.99. The molecule has 0 spiro atoms. The summed E-state index contributed by atoms with van der Waals surface area (Å²) in [6.45, 7) is 0.0889. The number of nitrogens with zero attached hydrogens (tertiary/aromatic N) is 2. The second-order valence-corrected chi connectivity index (χ2v) is 4.97. The van der Waals surface area contributed by atoms with Gasteiger partial charge in [-0.1, -0.05) is 0 Å². The summed E-state index contributed by atoms with van der Waals surface area (Å²) < 4.78 is 6.98. The molecule has 1 saturated carbocycles. The standard InChI is InChI=1S/C13H19N3O3/c1-15(2)12(17)5-6-19-13(18)11-7-9(14)8-16(11)10-3-4-10/h7-8,10H,3-6,14H2,1-2H3. The molecule has 2 N–H and O–H groups in total. The molecule has 1 aromatic heterocycles. The average molecular weight is 265 g/mol. The van der Waals surface area contributed by atoms with Crippen molar-refractivity contribution in [3.63, 3.8) is 0 Å². The van der Waals surface area contributed by atoms with Crippen molar-refractivity contribution < 1.29 is 14.3 Å². The Kier molecular flexibility index (Phi) is 3.78. The summed E-state index contributed by atoms with van der Waals surface area (Å²) in [5.74, 6) is -0.486. The molecule has 2 rings (SSSR count). The van der Waals surface area contributed by atoms with E-state index in [0.29, 0.717) is 17.4 Å². The highest BCUT2D eigenvalue weighted by atomic mass is 16.5. The van der Waals surface area contributed by atoms with Crippen molar-refractivity contribution in [1.82, 2.24) is 9.47 Å². The van der Waals surface area contributed by atoms with Crippen molar-refractivity contribution in [3.8, 4) is 0 Å². The number of nitrogen functional groups attached to an aromatic ring is 1. The van der Waals surface area contributed by atoms with Crippen LogP contribution in [0, 0.1) is 0 Å². The van der Waals surface area contributed by atoms with Gasteiger partial charge in [0.15, 0.2) is 0 Å². The maximum Gasteiger partial charge on any atom is 0.355 e. The molecular formula is C13H19N3O3. The van der Waals surface area contributed by atoms with Gasteiger partial charge in [0, 0.05) is 26.3 Å². The minimum atomic E-state index is -0.421. The third-order valence-electron chi connectivity index (χ3n) is 3.07. The number of hydrogen-bond donors (Lipinski definition) is 1. The topological polar surface area (TPSA) is 77.6 Å². The lowest BCUT2D eigenvalue weighted by Crippen LogP contribution is -2.23. The first-order valence-electron chi connectivity index (χ1n) is 6.33. The molecule has 6 nitrogen and oxygen atoms in total. The van der Waals surface area contributed by atoms with Crippen LogP contribution < -0.4 is 5.73 Å². The molecular weight excluding hydrogens is 246 g/mol. The fourth-order valence-corrected chi connectivity index (χ4v) is 1.85. The summed E-state index contributed by atoms with van der Waals surface area (Å²) in [7, 11) is 3.34. The number of carbonyl (C=O) groups excluding carboxylic acids is 2. The normalized spacial score (nSPS) is 14.2. The van der Waals surface area contributed by atoms with Crippen LogP contribution in [0.1, 0.15) is 35.8 Å². The van der Waals surface area contributed by atoms with Gasteiger partial charge in [0.05, 0.1) is 12.1 Å². The summed E-state index contributed by atoms with van der Waals surface area (Å²) in [6.07, 6.45) is 4.08. The highest BCUT2D eigenvalue weighted by Gasteiger charge is 2.28. The summed E-state index contributed by atoms with van der Waals surface area (Å²) in [5.41, 5.74) is 6.74. The monoisotopic (exact) mass is 265 g/mol. The predicted octanol–water partition coefficient (Wildman–Crippen LogP) is 1.04. The van der Waals surface area contributed by atoms with Crippen LogP contribution in [0.25, 0.3) is 0 Å². The van der Waals surface area contributed by atoms with E-state index < -0.39 is 5.97 Å². The molecule has 0 radical (unpaired) electrons. The first kappa shape index (κ1) is 13.5. The minimum Gasteiger partial charge on any atom is -0.460 e. The van der Waals surface area contributed by atoms with Crippen LogP contribution in [-0.4, -0.2) is 42.0 Å². The molecule has 1 fully saturated rings. The molecule has 1 amide bonds. The van der Waals surface area contributed by atoms with Crippen LogP contribution in [0.5, 0.6) is 0 Å². The number of amides is 1. The van der Waals surface area contributed by atoms with Gasteiger partial charge in [-0.2, -0.15) is 0 Å². The molecule has 0 aliphatic heterocycles. The Bertz CT molecular complexity index is 489. The van der Waals surface area contributed by atoms with E-state index in [0.717, 1.165) is 12.8 Å². The zero-order valence-corrected chi connectivity index (χ0v) is 11.3. The SMILES string of the molecule is CN(C)C(=O)CCOC(=O)c1cc(N)cn1C1CC1. The van der Waals surface area contributed by atoms with Gasteiger partial charge in [0.2, 0.25) is 5.91 Å². The number of ether oxygens (including phenoxy) is 1. The Morgan fingerprint density at radius 2 is 2.16 bits per heavy atom. The van der Waals surface area contributed by atoms with Crippen molar-refractivity contribution >= 4 is 17.6 Å². The van der Waals surface area contributed by atoms with E-state index in [4.69, 9.17) is 10.5 Å². The van der Waals surface area contributed by atoms with Crippen molar-refractivity contribution in [3.05, 3.63) is 18.0 Å². The van der Waals surface area contributed by atoms with Crippen molar-refractivity contribution in [2.45, 2.75) is 25.3 Å². The number of nitrogens with two attached hydrogens (primary N) is 1. The summed E-state index contributed by atoms with van der Waals surface area (Å²) in [5, 5.41) is 0. The number of carbonyl (C=O) groups is 2. The fourth-order valence-electron chi connectivity index (χ4n) is 1.85.